The number of H-pyrrole nitrogens is 1. The number of aromatic amines is 1. The summed E-state index contributed by atoms with van der Waals surface area (Å²) >= 11 is 5.25. The van der Waals surface area contributed by atoms with Crippen molar-refractivity contribution in [3.8, 4) is 11.5 Å². The van der Waals surface area contributed by atoms with E-state index in [1.807, 2.05) is 19.2 Å². The maximum absolute atomic E-state index is 5.59. The Kier molecular flexibility index (Phi) is 3.29. The summed E-state index contributed by atoms with van der Waals surface area (Å²) in [4.78, 5) is 3.13. The molecule has 0 aliphatic carbocycles. The molecule has 100 valence electrons. The first-order valence-corrected chi connectivity index (χ1v) is 6.78. The first kappa shape index (κ1) is 12.3. The van der Waals surface area contributed by atoms with Gasteiger partial charge in [0.1, 0.15) is 13.2 Å². The molecule has 1 N–H and O–H groups in total. The van der Waals surface area contributed by atoms with Crippen LogP contribution in [-0.2, 0) is 13.0 Å². The van der Waals surface area contributed by atoms with E-state index in [-0.39, 0.29) is 0 Å². The lowest BCUT2D eigenvalue weighted by atomic mass is 10.1. The zero-order valence-electron chi connectivity index (χ0n) is 10.8. The Labute approximate surface area is 117 Å². The molecule has 0 saturated heterocycles. The molecular weight excluding hydrogens is 260 g/mol. The number of aromatic nitrogens is 2. The van der Waals surface area contributed by atoms with E-state index < -0.39 is 0 Å². The van der Waals surface area contributed by atoms with E-state index in [1.165, 1.54) is 5.56 Å². The number of hydrogen-bond acceptors (Lipinski definition) is 3. The van der Waals surface area contributed by atoms with Crippen LogP contribution in [0.1, 0.15) is 11.3 Å². The van der Waals surface area contributed by atoms with Crippen molar-refractivity contribution in [2.45, 2.75) is 19.9 Å². The Morgan fingerprint density at radius 3 is 2.79 bits per heavy atom. The Hall–Kier alpha value is -1.75. The number of imidazole rings is 1. The van der Waals surface area contributed by atoms with Crippen LogP contribution in [0.25, 0.3) is 0 Å². The fourth-order valence-corrected chi connectivity index (χ4v) is 2.53. The smallest absolute Gasteiger partial charge is 0.177 e. The van der Waals surface area contributed by atoms with Crippen LogP contribution in [0.15, 0.2) is 24.4 Å². The van der Waals surface area contributed by atoms with Gasteiger partial charge in [0.15, 0.2) is 16.3 Å². The largest absolute Gasteiger partial charge is 0.486 e. The van der Waals surface area contributed by atoms with Crippen LogP contribution in [0.4, 0.5) is 0 Å². The van der Waals surface area contributed by atoms with Crippen LogP contribution in [-0.4, -0.2) is 22.8 Å². The predicted molar refractivity (Wildman–Crippen MR) is 75.5 cm³/mol. The molecule has 0 spiro atoms. The molecular formula is C14H16N2O2S. The van der Waals surface area contributed by atoms with Crippen molar-refractivity contribution in [1.29, 1.82) is 0 Å². The van der Waals surface area contributed by atoms with E-state index in [0.29, 0.717) is 13.2 Å². The summed E-state index contributed by atoms with van der Waals surface area (Å²) < 4.78 is 13.9. The summed E-state index contributed by atoms with van der Waals surface area (Å²) in [5, 5.41) is 0. The molecule has 19 heavy (non-hydrogen) atoms. The van der Waals surface area contributed by atoms with E-state index >= 15 is 0 Å². The van der Waals surface area contributed by atoms with Crippen molar-refractivity contribution in [2.75, 3.05) is 13.2 Å². The summed E-state index contributed by atoms with van der Waals surface area (Å²) in [5.41, 5.74) is 2.32. The van der Waals surface area contributed by atoms with Crippen molar-refractivity contribution in [2.24, 2.45) is 0 Å². The normalized spacial score (nSPS) is 13.5. The van der Waals surface area contributed by atoms with Gasteiger partial charge in [0.05, 0.1) is 0 Å². The third kappa shape index (κ3) is 2.66. The van der Waals surface area contributed by atoms with E-state index in [1.54, 1.807) is 0 Å². The molecule has 2 heterocycles. The molecule has 0 bridgehead atoms. The molecule has 0 fully saturated rings. The SMILES string of the molecule is Cc1cn(CCc2ccc3c(c2)OCCO3)c(=S)[nH]1. The number of nitrogens with one attached hydrogen (secondary N) is 1. The minimum absolute atomic E-state index is 0.624. The van der Waals surface area contributed by atoms with Crippen molar-refractivity contribution < 1.29 is 9.47 Å². The Bertz CT molecular complexity index is 645. The van der Waals surface area contributed by atoms with Gasteiger partial charge in [0.2, 0.25) is 0 Å². The summed E-state index contributed by atoms with van der Waals surface area (Å²) in [7, 11) is 0. The van der Waals surface area contributed by atoms with E-state index in [4.69, 9.17) is 21.7 Å². The van der Waals surface area contributed by atoms with E-state index in [0.717, 1.165) is 34.9 Å². The number of fused-ring (bicyclic) bond motifs is 1. The maximum atomic E-state index is 5.59. The highest BCUT2D eigenvalue weighted by Gasteiger charge is 2.11. The molecule has 2 aromatic rings. The molecule has 1 aliphatic rings. The number of nitrogens with zero attached hydrogens (tertiary/aromatic N) is 1. The summed E-state index contributed by atoms with van der Waals surface area (Å²) in [6, 6.07) is 6.11. The second-order valence-corrected chi connectivity index (χ2v) is 5.05. The molecule has 0 radical (unpaired) electrons. The summed E-state index contributed by atoms with van der Waals surface area (Å²) in [6.45, 7) is 4.13. The highest BCUT2D eigenvalue weighted by molar-refractivity contribution is 7.71. The van der Waals surface area contributed by atoms with Crippen molar-refractivity contribution in [1.82, 2.24) is 9.55 Å². The standard InChI is InChI=1S/C14H16N2O2S/c1-10-9-16(14(19)15-10)5-4-11-2-3-12-13(8-11)18-7-6-17-12/h2-3,8-9H,4-7H2,1H3,(H,15,19). The van der Waals surface area contributed by atoms with Gasteiger partial charge in [-0.3, -0.25) is 0 Å². The van der Waals surface area contributed by atoms with Gasteiger partial charge in [-0.15, -0.1) is 0 Å². The van der Waals surface area contributed by atoms with Crippen molar-refractivity contribution >= 4 is 12.2 Å². The molecule has 5 heteroatoms. The second kappa shape index (κ2) is 5.09. The van der Waals surface area contributed by atoms with Crippen LogP contribution in [0, 0.1) is 11.7 Å². The number of ether oxygens (including phenoxy) is 2. The molecule has 0 amide bonds. The van der Waals surface area contributed by atoms with Gasteiger partial charge in [0.25, 0.3) is 0 Å². The van der Waals surface area contributed by atoms with Gasteiger partial charge in [-0.1, -0.05) is 6.07 Å². The number of benzene rings is 1. The molecule has 4 nitrogen and oxygen atoms in total. The van der Waals surface area contributed by atoms with E-state index in [2.05, 4.69) is 21.7 Å². The molecule has 1 aromatic heterocycles. The summed E-state index contributed by atoms with van der Waals surface area (Å²) in [6.07, 6.45) is 2.96. The average molecular weight is 276 g/mol. The summed E-state index contributed by atoms with van der Waals surface area (Å²) in [5.74, 6) is 1.68. The van der Waals surface area contributed by atoms with Gasteiger partial charge in [-0.05, 0) is 43.3 Å². The van der Waals surface area contributed by atoms with Crippen LogP contribution in [0.2, 0.25) is 0 Å². The lowest BCUT2D eigenvalue weighted by Gasteiger charge is -2.18. The third-order valence-electron chi connectivity index (χ3n) is 3.16. The second-order valence-electron chi connectivity index (χ2n) is 4.66. The molecule has 0 atom stereocenters. The Morgan fingerprint density at radius 2 is 2.05 bits per heavy atom. The van der Waals surface area contributed by atoms with Crippen LogP contribution in [0.5, 0.6) is 11.5 Å². The van der Waals surface area contributed by atoms with Gasteiger partial charge >= 0.3 is 0 Å². The van der Waals surface area contributed by atoms with Crippen molar-refractivity contribution in [3.63, 3.8) is 0 Å². The van der Waals surface area contributed by atoms with Crippen molar-refractivity contribution in [3.05, 3.63) is 40.4 Å². The monoisotopic (exact) mass is 276 g/mol. The van der Waals surface area contributed by atoms with Crippen LogP contribution >= 0.6 is 12.2 Å². The first-order chi connectivity index (χ1) is 9.22. The lowest BCUT2D eigenvalue weighted by molar-refractivity contribution is 0.171. The van der Waals surface area contributed by atoms with E-state index in [9.17, 15) is 0 Å². The Morgan fingerprint density at radius 1 is 1.26 bits per heavy atom. The van der Waals surface area contributed by atoms with Gasteiger partial charge in [-0.2, -0.15) is 0 Å². The Balaban J connectivity index is 1.73. The number of hydrogen-bond donors (Lipinski definition) is 1. The number of rotatable bonds is 3. The third-order valence-corrected chi connectivity index (χ3v) is 3.50. The zero-order valence-corrected chi connectivity index (χ0v) is 11.6. The zero-order chi connectivity index (χ0) is 13.2. The fraction of sp³-hybridized carbons (Fsp3) is 0.357. The molecule has 3 rings (SSSR count). The maximum Gasteiger partial charge on any atom is 0.177 e. The van der Waals surface area contributed by atoms with Gasteiger partial charge in [-0.25, -0.2) is 0 Å². The van der Waals surface area contributed by atoms with Crippen LogP contribution < -0.4 is 9.47 Å². The first-order valence-electron chi connectivity index (χ1n) is 6.37. The highest BCUT2D eigenvalue weighted by atomic mass is 32.1. The lowest BCUT2D eigenvalue weighted by Crippen LogP contribution is -2.15. The van der Waals surface area contributed by atoms with Gasteiger partial charge in [0, 0.05) is 18.4 Å². The quantitative estimate of drug-likeness (QED) is 0.876. The molecule has 1 aromatic carbocycles. The molecule has 1 aliphatic heterocycles. The molecule has 0 unspecified atom stereocenters. The molecule has 0 saturated carbocycles. The minimum atomic E-state index is 0.624. The number of aryl methyl sites for hydroxylation is 3. The van der Waals surface area contributed by atoms with Crippen LogP contribution in [0.3, 0.4) is 0 Å². The highest BCUT2D eigenvalue weighted by Crippen LogP contribution is 2.30. The fourth-order valence-electron chi connectivity index (χ4n) is 2.22. The topological polar surface area (TPSA) is 39.2 Å². The van der Waals surface area contributed by atoms with Gasteiger partial charge < -0.3 is 19.0 Å². The minimum Gasteiger partial charge on any atom is -0.486 e. The predicted octanol–water partition coefficient (Wildman–Crippen LogP) is 2.87. The average Bonchev–Trinajstić information content (AvgIpc) is 2.74.